The fraction of sp³-hybridized carbons (Fsp3) is 0.316. The van der Waals surface area contributed by atoms with Crippen LogP contribution in [0.15, 0.2) is 42.5 Å². The highest BCUT2D eigenvalue weighted by Crippen LogP contribution is 2.28. The molecule has 26 heavy (non-hydrogen) atoms. The number of hydrogen-bond acceptors (Lipinski definition) is 5. The second-order valence-electron chi connectivity index (χ2n) is 5.20. The molecule has 0 atom stereocenters. The van der Waals surface area contributed by atoms with Crippen molar-refractivity contribution in [1.29, 1.82) is 0 Å². The summed E-state index contributed by atoms with van der Waals surface area (Å²) in [7, 11) is 3.10. The highest BCUT2D eigenvalue weighted by atomic mass is 16.5. The molecule has 0 unspecified atom stereocenters. The van der Waals surface area contributed by atoms with Crippen LogP contribution in [0.3, 0.4) is 0 Å². The van der Waals surface area contributed by atoms with E-state index in [1.807, 2.05) is 31.2 Å². The van der Waals surface area contributed by atoms with E-state index in [4.69, 9.17) is 18.9 Å². The van der Waals surface area contributed by atoms with Gasteiger partial charge in [0.25, 0.3) is 0 Å². The van der Waals surface area contributed by atoms with E-state index in [1.165, 1.54) is 7.11 Å². The maximum Gasteiger partial charge on any atom is 0.319 e. The van der Waals surface area contributed by atoms with Gasteiger partial charge in [0, 0.05) is 6.07 Å². The number of carbonyl (C=O) groups excluding carboxylic acids is 1. The standard InChI is InChI=1S/C19H24N2O5/c1-4-25-14-5-7-15(8-6-14)26-12-11-20-19(22)21-17-10-9-16(23-2)13-18(17)24-3/h5-10,13H,4,11-12H2,1-3H3,(H2,20,21,22). The zero-order valence-electron chi connectivity index (χ0n) is 15.2. The minimum Gasteiger partial charge on any atom is -0.497 e. The van der Waals surface area contributed by atoms with E-state index in [1.54, 1.807) is 25.3 Å². The minimum absolute atomic E-state index is 0.344. The molecule has 2 aromatic carbocycles. The Balaban J connectivity index is 1.75. The van der Waals surface area contributed by atoms with Crippen LogP contribution in [0.1, 0.15) is 6.92 Å². The molecule has 0 aliphatic heterocycles. The Morgan fingerprint density at radius 1 is 0.923 bits per heavy atom. The van der Waals surface area contributed by atoms with Gasteiger partial charge in [0.15, 0.2) is 0 Å². The first-order valence-corrected chi connectivity index (χ1v) is 8.28. The van der Waals surface area contributed by atoms with Gasteiger partial charge in [-0.25, -0.2) is 4.79 Å². The monoisotopic (exact) mass is 360 g/mol. The van der Waals surface area contributed by atoms with Crippen molar-refractivity contribution in [3.63, 3.8) is 0 Å². The molecule has 0 aliphatic rings. The zero-order valence-corrected chi connectivity index (χ0v) is 15.2. The van der Waals surface area contributed by atoms with Crippen molar-refractivity contribution in [2.24, 2.45) is 0 Å². The first-order chi connectivity index (χ1) is 12.7. The summed E-state index contributed by atoms with van der Waals surface area (Å²) in [5, 5.41) is 5.46. The smallest absolute Gasteiger partial charge is 0.319 e. The summed E-state index contributed by atoms with van der Waals surface area (Å²) in [6.45, 7) is 3.26. The van der Waals surface area contributed by atoms with Gasteiger partial charge in [-0.05, 0) is 43.3 Å². The quantitative estimate of drug-likeness (QED) is 0.671. The fourth-order valence-corrected chi connectivity index (χ4v) is 2.20. The van der Waals surface area contributed by atoms with Crippen LogP contribution < -0.4 is 29.6 Å². The zero-order chi connectivity index (χ0) is 18.8. The second kappa shape index (κ2) is 10.0. The SMILES string of the molecule is CCOc1ccc(OCCNC(=O)Nc2ccc(OC)cc2OC)cc1. The van der Waals surface area contributed by atoms with E-state index in [0.717, 1.165) is 5.75 Å². The minimum atomic E-state index is -0.344. The van der Waals surface area contributed by atoms with Crippen molar-refractivity contribution in [2.45, 2.75) is 6.92 Å². The van der Waals surface area contributed by atoms with Crippen LogP contribution in [0.25, 0.3) is 0 Å². The number of anilines is 1. The Morgan fingerprint density at radius 2 is 1.58 bits per heavy atom. The number of amides is 2. The summed E-state index contributed by atoms with van der Waals surface area (Å²) in [5.41, 5.74) is 0.554. The lowest BCUT2D eigenvalue weighted by Crippen LogP contribution is -2.32. The molecule has 0 radical (unpaired) electrons. The summed E-state index contributed by atoms with van der Waals surface area (Å²) in [5.74, 6) is 2.68. The van der Waals surface area contributed by atoms with Crippen molar-refractivity contribution >= 4 is 11.7 Å². The van der Waals surface area contributed by atoms with E-state index < -0.39 is 0 Å². The van der Waals surface area contributed by atoms with Crippen LogP contribution in [0, 0.1) is 0 Å². The average Bonchev–Trinajstić information content (AvgIpc) is 2.67. The molecule has 140 valence electrons. The van der Waals surface area contributed by atoms with Crippen molar-refractivity contribution in [3.05, 3.63) is 42.5 Å². The maximum absolute atomic E-state index is 12.0. The predicted octanol–water partition coefficient (Wildman–Crippen LogP) is 3.30. The van der Waals surface area contributed by atoms with Gasteiger partial charge in [-0.2, -0.15) is 0 Å². The van der Waals surface area contributed by atoms with Crippen molar-refractivity contribution in [1.82, 2.24) is 5.32 Å². The third-order valence-electron chi connectivity index (χ3n) is 3.45. The van der Waals surface area contributed by atoms with Crippen LogP contribution >= 0.6 is 0 Å². The maximum atomic E-state index is 12.0. The number of hydrogen-bond donors (Lipinski definition) is 2. The lowest BCUT2D eigenvalue weighted by atomic mass is 10.2. The lowest BCUT2D eigenvalue weighted by molar-refractivity contribution is 0.247. The van der Waals surface area contributed by atoms with Crippen molar-refractivity contribution in [3.8, 4) is 23.0 Å². The normalized spacial score (nSPS) is 9.96. The highest BCUT2D eigenvalue weighted by Gasteiger charge is 2.08. The highest BCUT2D eigenvalue weighted by molar-refractivity contribution is 5.91. The van der Waals surface area contributed by atoms with Gasteiger partial charge in [-0.1, -0.05) is 0 Å². The molecule has 0 fully saturated rings. The number of methoxy groups -OCH3 is 2. The Hall–Kier alpha value is -3.09. The summed E-state index contributed by atoms with van der Waals surface area (Å²) in [6, 6.07) is 12.2. The van der Waals surface area contributed by atoms with Gasteiger partial charge in [0.2, 0.25) is 0 Å². The van der Waals surface area contributed by atoms with E-state index in [-0.39, 0.29) is 6.03 Å². The third-order valence-corrected chi connectivity index (χ3v) is 3.45. The summed E-state index contributed by atoms with van der Waals surface area (Å²) in [4.78, 5) is 12.0. The molecular weight excluding hydrogens is 336 g/mol. The molecule has 0 saturated heterocycles. The fourth-order valence-electron chi connectivity index (χ4n) is 2.20. The predicted molar refractivity (Wildman–Crippen MR) is 99.7 cm³/mol. The van der Waals surface area contributed by atoms with Crippen molar-refractivity contribution < 1.29 is 23.7 Å². The molecule has 0 bridgehead atoms. The average molecular weight is 360 g/mol. The van der Waals surface area contributed by atoms with E-state index in [9.17, 15) is 4.79 Å². The Kier molecular flexibility index (Phi) is 7.42. The summed E-state index contributed by atoms with van der Waals surface area (Å²) >= 11 is 0. The molecule has 0 aromatic heterocycles. The van der Waals surface area contributed by atoms with Gasteiger partial charge < -0.3 is 29.6 Å². The Morgan fingerprint density at radius 3 is 2.19 bits per heavy atom. The van der Waals surface area contributed by atoms with E-state index in [2.05, 4.69) is 10.6 Å². The molecule has 0 heterocycles. The van der Waals surface area contributed by atoms with Crippen LogP contribution in [0.2, 0.25) is 0 Å². The van der Waals surface area contributed by atoms with Crippen LogP contribution in [0.4, 0.5) is 10.5 Å². The molecule has 0 aliphatic carbocycles. The van der Waals surface area contributed by atoms with Gasteiger partial charge in [0.1, 0.15) is 29.6 Å². The molecule has 7 heteroatoms. The van der Waals surface area contributed by atoms with E-state index in [0.29, 0.717) is 42.7 Å². The van der Waals surface area contributed by atoms with Gasteiger partial charge in [-0.3, -0.25) is 0 Å². The van der Waals surface area contributed by atoms with Crippen LogP contribution in [0.5, 0.6) is 23.0 Å². The molecular formula is C19H24N2O5. The lowest BCUT2D eigenvalue weighted by Gasteiger charge is -2.13. The number of carbonyl (C=O) groups is 1. The van der Waals surface area contributed by atoms with E-state index >= 15 is 0 Å². The molecule has 0 saturated carbocycles. The largest absolute Gasteiger partial charge is 0.497 e. The van der Waals surface area contributed by atoms with Crippen LogP contribution in [-0.2, 0) is 0 Å². The number of urea groups is 1. The topological polar surface area (TPSA) is 78.1 Å². The number of rotatable bonds is 9. The first-order valence-electron chi connectivity index (χ1n) is 8.28. The molecule has 2 aromatic rings. The molecule has 2 N–H and O–H groups in total. The Bertz CT molecular complexity index is 704. The number of benzene rings is 2. The van der Waals surface area contributed by atoms with Crippen LogP contribution in [-0.4, -0.2) is 40.0 Å². The van der Waals surface area contributed by atoms with Gasteiger partial charge >= 0.3 is 6.03 Å². The molecule has 2 rings (SSSR count). The molecule has 0 spiro atoms. The first kappa shape index (κ1) is 19.2. The second-order valence-corrected chi connectivity index (χ2v) is 5.20. The number of ether oxygens (including phenoxy) is 4. The van der Waals surface area contributed by atoms with Crippen molar-refractivity contribution in [2.75, 3.05) is 39.3 Å². The van der Waals surface area contributed by atoms with Gasteiger partial charge in [-0.15, -0.1) is 0 Å². The number of nitrogens with one attached hydrogen (secondary N) is 2. The summed E-state index contributed by atoms with van der Waals surface area (Å²) in [6.07, 6.45) is 0. The molecule has 2 amide bonds. The third kappa shape index (κ3) is 5.77. The van der Waals surface area contributed by atoms with Gasteiger partial charge in [0.05, 0.1) is 33.1 Å². The Labute approximate surface area is 153 Å². The molecule has 7 nitrogen and oxygen atoms in total. The summed E-state index contributed by atoms with van der Waals surface area (Å²) < 4.78 is 21.3.